The summed E-state index contributed by atoms with van der Waals surface area (Å²) in [5, 5.41) is 34.4. The van der Waals surface area contributed by atoms with Crippen molar-refractivity contribution in [1.82, 2.24) is 9.97 Å². The molecule has 0 radical (unpaired) electrons. The largest absolute Gasteiger partial charge is 0.508 e. The maximum Gasteiger partial charge on any atom is 0.508 e. The molecule has 34 heavy (non-hydrogen) atoms. The molecular weight excluding hydrogens is 627 g/mol. The lowest BCUT2D eigenvalue weighted by Crippen LogP contribution is -2.32. The molecule has 0 bridgehead atoms. The van der Waals surface area contributed by atoms with Crippen molar-refractivity contribution >= 4 is 60.5 Å². The normalized spacial score (nSPS) is 9.26. The summed E-state index contributed by atoms with van der Waals surface area (Å²) in [6.45, 7) is 0. The van der Waals surface area contributed by atoms with E-state index in [0.717, 1.165) is 24.7 Å². The summed E-state index contributed by atoms with van der Waals surface area (Å²) < 4.78 is 3.17. The average Bonchev–Trinajstić information content (AvgIpc) is 2.87. The van der Waals surface area contributed by atoms with Gasteiger partial charge in [0.15, 0.2) is 0 Å². The second-order valence-electron chi connectivity index (χ2n) is 6.39. The van der Waals surface area contributed by atoms with Crippen LogP contribution in [-0.2, 0) is 0 Å². The second kappa shape index (κ2) is 14.4. The number of nitriles is 2. The van der Waals surface area contributed by atoms with Gasteiger partial charge in [-0.05, 0) is 74.3 Å². The van der Waals surface area contributed by atoms with Crippen LogP contribution in [0.25, 0.3) is 11.3 Å². The van der Waals surface area contributed by atoms with E-state index in [1.165, 1.54) is 18.3 Å². The summed E-state index contributed by atoms with van der Waals surface area (Å²) in [5.74, 6) is 0. The molecule has 0 fully saturated rings. The van der Waals surface area contributed by atoms with Crippen molar-refractivity contribution < 1.29 is 10.0 Å². The van der Waals surface area contributed by atoms with Crippen molar-refractivity contribution in [3.8, 4) is 23.4 Å². The standard InChI is InChI=1S/C12H7BrN2.C6H5BN2O2.C6H4Br2/c13-11-4-2-1-3-10(11)12-7-9(8-14)5-6-15-12;8-4-5-1-2-9-6(3-5)7(10)11;7-5-3-1-2-4-6(5)8/h1-7H;1-3,10-11H;1-4H. The number of hydrogen-bond donors (Lipinski definition) is 2. The molecule has 4 aromatic rings. The highest BCUT2D eigenvalue weighted by atomic mass is 79.9. The van der Waals surface area contributed by atoms with Gasteiger partial charge in [0, 0.05) is 31.4 Å². The van der Waals surface area contributed by atoms with E-state index in [-0.39, 0.29) is 5.59 Å². The molecule has 0 unspecified atom stereocenters. The summed E-state index contributed by atoms with van der Waals surface area (Å²) in [6.07, 6.45) is 3.00. The molecule has 0 saturated carbocycles. The molecule has 6 nitrogen and oxygen atoms in total. The fraction of sp³-hybridized carbons (Fsp3) is 0. The Balaban J connectivity index is 0.000000190. The number of hydrogen-bond acceptors (Lipinski definition) is 6. The Kier molecular flexibility index (Phi) is 11.6. The molecule has 0 aliphatic heterocycles. The minimum absolute atomic E-state index is 0.0871. The number of rotatable bonds is 2. The van der Waals surface area contributed by atoms with Gasteiger partial charge in [-0.3, -0.25) is 9.97 Å². The van der Waals surface area contributed by atoms with Crippen molar-refractivity contribution in [3.05, 3.63) is 110 Å². The van der Waals surface area contributed by atoms with E-state index in [0.29, 0.717) is 11.1 Å². The molecule has 2 N–H and O–H groups in total. The molecule has 0 amide bonds. The first-order valence-corrected chi connectivity index (χ1v) is 12.0. The molecule has 168 valence electrons. The Morgan fingerprint density at radius 2 is 1.18 bits per heavy atom. The fourth-order valence-electron chi connectivity index (χ4n) is 2.41. The quantitative estimate of drug-likeness (QED) is 0.290. The highest BCUT2D eigenvalue weighted by Crippen LogP contribution is 2.26. The van der Waals surface area contributed by atoms with Gasteiger partial charge in [-0.2, -0.15) is 10.5 Å². The Morgan fingerprint density at radius 3 is 1.68 bits per heavy atom. The molecular formula is C24H16BBr3N4O2. The van der Waals surface area contributed by atoms with Crippen molar-refractivity contribution in [3.63, 3.8) is 0 Å². The third kappa shape index (κ3) is 8.83. The summed E-state index contributed by atoms with van der Waals surface area (Å²) >= 11 is 10.2. The Morgan fingerprint density at radius 1 is 0.676 bits per heavy atom. The van der Waals surface area contributed by atoms with E-state index in [1.54, 1.807) is 18.3 Å². The van der Waals surface area contributed by atoms with Gasteiger partial charge in [-0.1, -0.05) is 46.3 Å². The van der Waals surface area contributed by atoms with Gasteiger partial charge in [-0.15, -0.1) is 0 Å². The first kappa shape index (κ1) is 27.4. The molecule has 4 rings (SSSR count). The predicted octanol–water partition coefficient (Wildman–Crippen LogP) is 5.23. The molecule has 0 saturated heterocycles. The lowest BCUT2D eigenvalue weighted by molar-refractivity contribution is 0.424. The van der Waals surface area contributed by atoms with E-state index >= 15 is 0 Å². The average molecular weight is 643 g/mol. The Labute approximate surface area is 223 Å². The van der Waals surface area contributed by atoms with E-state index in [4.69, 9.17) is 20.6 Å². The summed E-state index contributed by atoms with van der Waals surface area (Å²) in [6, 6.07) is 26.0. The van der Waals surface area contributed by atoms with Crippen LogP contribution in [-0.4, -0.2) is 27.1 Å². The predicted molar refractivity (Wildman–Crippen MR) is 143 cm³/mol. The van der Waals surface area contributed by atoms with Crippen LogP contribution in [0, 0.1) is 22.7 Å². The number of benzene rings is 2. The monoisotopic (exact) mass is 640 g/mol. The first-order valence-electron chi connectivity index (χ1n) is 9.59. The lowest BCUT2D eigenvalue weighted by atomic mass is 9.85. The molecule has 0 aliphatic carbocycles. The molecule has 10 heteroatoms. The van der Waals surface area contributed by atoms with Crippen LogP contribution in [0.3, 0.4) is 0 Å². The summed E-state index contributed by atoms with van der Waals surface area (Å²) in [7, 11) is -1.61. The van der Waals surface area contributed by atoms with Crippen molar-refractivity contribution in [2.45, 2.75) is 0 Å². The van der Waals surface area contributed by atoms with Gasteiger partial charge in [0.05, 0.1) is 34.6 Å². The third-order valence-electron chi connectivity index (χ3n) is 4.04. The SMILES string of the molecule is Brc1ccccc1Br.N#Cc1ccnc(-c2ccccc2Br)c1.N#Cc1ccnc(B(O)O)c1. The third-order valence-corrected chi connectivity index (χ3v) is 6.64. The maximum absolute atomic E-state index is 8.79. The molecule has 2 aromatic carbocycles. The minimum atomic E-state index is -1.61. The van der Waals surface area contributed by atoms with Crippen LogP contribution < -0.4 is 5.59 Å². The zero-order valence-corrected chi connectivity index (χ0v) is 22.2. The van der Waals surface area contributed by atoms with Crippen LogP contribution in [0.5, 0.6) is 0 Å². The second-order valence-corrected chi connectivity index (χ2v) is 8.95. The molecule has 0 atom stereocenters. The van der Waals surface area contributed by atoms with Gasteiger partial charge >= 0.3 is 7.12 Å². The smallest absolute Gasteiger partial charge is 0.422 e. The van der Waals surface area contributed by atoms with Crippen molar-refractivity contribution in [1.29, 1.82) is 10.5 Å². The fourth-order valence-corrected chi connectivity index (χ4v) is 3.47. The Bertz CT molecular complexity index is 1300. The number of halogens is 3. The summed E-state index contributed by atoms with van der Waals surface area (Å²) in [4.78, 5) is 7.87. The van der Waals surface area contributed by atoms with Gasteiger partial charge in [0.2, 0.25) is 0 Å². The van der Waals surface area contributed by atoms with Crippen LogP contribution >= 0.6 is 47.8 Å². The van der Waals surface area contributed by atoms with Crippen molar-refractivity contribution in [2.24, 2.45) is 0 Å². The van der Waals surface area contributed by atoms with E-state index < -0.39 is 7.12 Å². The topological polar surface area (TPSA) is 114 Å². The highest BCUT2D eigenvalue weighted by Gasteiger charge is 2.12. The number of pyridine rings is 2. The van der Waals surface area contributed by atoms with Gasteiger partial charge in [0.25, 0.3) is 0 Å². The van der Waals surface area contributed by atoms with E-state index in [9.17, 15) is 0 Å². The first-order chi connectivity index (χ1) is 16.3. The van der Waals surface area contributed by atoms with E-state index in [2.05, 4.69) is 63.8 Å². The molecule has 0 spiro atoms. The maximum atomic E-state index is 8.79. The number of aromatic nitrogens is 2. The number of nitrogens with zero attached hydrogens (tertiary/aromatic N) is 4. The van der Waals surface area contributed by atoms with Crippen molar-refractivity contribution in [2.75, 3.05) is 0 Å². The van der Waals surface area contributed by atoms with Gasteiger partial charge in [0.1, 0.15) is 0 Å². The lowest BCUT2D eigenvalue weighted by Gasteiger charge is -2.02. The van der Waals surface area contributed by atoms with E-state index in [1.807, 2.05) is 54.6 Å². The minimum Gasteiger partial charge on any atom is -0.422 e. The van der Waals surface area contributed by atoms with Crippen LogP contribution in [0.1, 0.15) is 11.1 Å². The molecule has 2 aromatic heterocycles. The Hall–Kier alpha value is -2.86. The van der Waals surface area contributed by atoms with Gasteiger partial charge in [-0.25, -0.2) is 0 Å². The van der Waals surface area contributed by atoms with Crippen LogP contribution in [0.2, 0.25) is 0 Å². The van der Waals surface area contributed by atoms with Crippen LogP contribution in [0.15, 0.2) is 98.6 Å². The highest BCUT2D eigenvalue weighted by molar-refractivity contribution is 9.13. The zero-order valence-electron chi connectivity index (χ0n) is 17.5. The summed E-state index contributed by atoms with van der Waals surface area (Å²) in [5.41, 5.74) is 2.87. The molecule has 2 heterocycles. The van der Waals surface area contributed by atoms with Gasteiger partial charge < -0.3 is 10.0 Å². The zero-order chi connectivity index (χ0) is 24.9. The molecule has 0 aliphatic rings. The van der Waals surface area contributed by atoms with Crippen LogP contribution in [0.4, 0.5) is 0 Å².